The molecule has 0 aliphatic heterocycles. The van der Waals surface area contributed by atoms with Gasteiger partial charge in [-0.25, -0.2) is 8.42 Å². The number of sulfonamides is 1. The fraction of sp³-hybridized carbons (Fsp3) is 0.310. The van der Waals surface area contributed by atoms with Crippen LogP contribution in [0, 0.1) is 6.92 Å². The summed E-state index contributed by atoms with van der Waals surface area (Å²) in [7, 11) is -4.10. The third kappa shape index (κ3) is 8.16. The lowest BCUT2D eigenvalue weighted by atomic mass is 10.1. The number of nitrogens with one attached hydrogen (secondary N) is 1. The average molecular weight is 679 g/mol. The maximum Gasteiger partial charge on any atom is 0.264 e. The molecule has 0 heterocycles. The standard InChI is InChI=1S/C29H33Br2N3O4S/c1-5-21(3)32-29(36)22(4)33(18-23-8-10-24(30)11-9-23)28(35)19-34(26-14-12-25(31)13-15-26)39(37,38)27-16-6-20(2)7-17-27/h6-17,21-22H,5,18-19H2,1-4H3,(H,32,36)/t21-,22-/m1/s1. The molecular formula is C29H33Br2N3O4S. The van der Waals surface area contributed by atoms with Gasteiger partial charge in [0.2, 0.25) is 11.8 Å². The van der Waals surface area contributed by atoms with Crippen LogP contribution in [-0.4, -0.2) is 43.8 Å². The minimum atomic E-state index is -4.10. The van der Waals surface area contributed by atoms with Gasteiger partial charge in [-0.15, -0.1) is 0 Å². The highest BCUT2D eigenvalue weighted by atomic mass is 79.9. The van der Waals surface area contributed by atoms with Crippen molar-refractivity contribution in [3.8, 4) is 0 Å². The Morgan fingerprint density at radius 3 is 1.95 bits per heavy atom. The van der Waals surface area contributed by atoms with Crippen LogP contribution in [0.4, 0.5) is 5.69 Å². The lowest BCUT2D eigenvalue weighted by Crippen LogP contribution is -2.52. The summed E-state index contributed by atoms with van der Waals surface area (Å²) in [5, 5.41) is 2.93. The summed E-state index contributed by atoms with van der Waals surface area (Å²) < 4.78 is 30.4. The zero-order valence-electron chi connectivity index (χ0n) is 22.4. The fourth-order valence-corrected chi connectivity index (χ4v) is 5.75. The molecule has 208 valence electrons. The van der Waals surface area contributed by atoms with Gasteiger partial charge < -0.3 is 10.2 Å². The highest BCUT2D eigenvalue weighted by molar-refractivity contribution is 9.10. The van der Waals surface area contributed by atoms with E-state index in [2.05, 4.69) is 37.2 Å². The van der Waals surface area contributed by atoms with E-state index >= 15 is 0 Å². The van der Waals surface area contributed by atoms with Crippen molar-refractivity contribution in [1.82, 2.24) is 10.2 Å². The molecule has 0 saturated carbocycles. The molecule has 3 rings (SSSR count). The zero-order valence-corrected chi connectivity index (χ0v) is 26.4. The van der Waals surface area contributed by atoms with Crippen molar-refractivity contribution in [2.24, 2.45) is 0 Å². The molecule has 0 spiro atoms. The predicted octanol–water partition coefficient (Wildman–Crippen LogP) is 6.05. The van der Waals surface area contributed by atoms with Gasteiger partial charge in [0.1, 0.15) is 12.6 Å². The van der Waals surface area contributed by atoms with Crippen LogP contribution in [0.25, 0.3) is 0 Å². The Morgan fingerprint density at radius 1 is 0.872 bits per heavy atom. The minimum absolute atomic E-state index is 0.0641. The number of halogens is 2. The average Bonchev–Trinajstić information content (AvgIpc) is 2.91. The molecular weight excluding hydrogens is 646 g/mol. The molecule has 0 aliphatic carbocycles. The second-order valence-electron chi connectivity index (χ2n) is 9.44. The number of hydrogen-bond donors (Lipinski definition) is 1. The SMILES string of the molecule is CC[C@@H](C)NC(=O)[C@@H](C)N(Cc1ccc(Br)cc1)C(=O)CN(c1ccc(Br)cc1)S(=O)(=O)c1ccc(C)cc1. The van der Waals surface area contributed by atoms with Crippen LogP contribution in [-0.2, 0) is 26.2 Å². The van der Waals surface area contributed by atoms with Gasteiger partial charge in [-0.2, -0.15) is 0 Å². The van der Waals surface area contributed by atoms with Crippen LogP contribution >= 0.6 is 31.9 Å². The van der Waals surface area contributed by atoms with E-state index < -0.39 is 28.5 Å². The highest BCUT2D eigenvalue weighted by Gasteiger charge is 2.32. The Kier molecular flexibility index (Phi) is 10.7. The predicted molar refractivity (Wildman–Crippen MR) is 162 cm³/mol. The molecule has 3 aromatic rings. The van der Waals surface area contributed by atoms with Crippen molar-refractivity contribution >= 4 is 59.4 Å². The summed E-state index contributed by atoms with van der Waals surface area (Å²) in [6.07, 6.45) is 0.741. The van der Waals surface area contributed by atoms with Gasteiger partial charge in [0, 0.05) is 21.5 Å². The summed E-state index contributed by atoms with van der Waals surface area (Å²) in [4.78, 5) is 28.5. The van der Waals surface area contributed by atoms with Crippen molar-refractivity contribution in [3.63, 3.8) is 0 Å². The molecule has 0 fully saturated rings. The number of amides is 2. The molecule has 7 nitrogen and oxygen atoms in total. The third-order valence-electron chi connectivity index (χ3n) is 6.44. The van der Waals surface area contributed by atoms with Crippen molar-refractivity contribution in [2.45, 2.75) is 57.6 Å². The monoisotopic (exact) mass is 677 g/mol. The van der Waals surface area contributed by atoms with E-state index in [-0.39, 0.29) is 23.4 Å². The van der Waals surface area contributed by atoms with Gasteiger partial charge in [-0.1, -0.05) is 68.6 Å². The molecule has 0 saturated heterocycles. The van der Waals surface area contributed by atoms with E-state index in [0.717, 1.165) is 30.8 Å². The quantitative estimate of drug-likeness (QED) is 0.268. The summed E-state index contributed by atoms with van der Waals surface area (Å²) in [5.74, 6) is -0.797. The molecule has 3 aromatic carbocycles. The fourth-order valence-electron chi connectivity index (χ4n) is 3.81. The summed E-state index contributed by atoms with van der Waals surface area (Å²) in [6.45, 7) is 7.06. The normalized spacial score (nSPS) is 12.9. The van der Waals surface area contributed by atoms with E-state index in [1.54, 1.807) is 43.3 Å². The van der Waals surface area contributed by atoms with Crippen LogP contribution in [0.2, 0.25) is 0 Å². The van der Waals surface area contributed by atoms with Gasteiger partial charge in [-0.05, 0) is 81.3 Å². The largest absolute Gasteiger partial charge is 0.352 e. The molecule has 1 N–H and O–H groups in total. The lowest BCUT2D eigenvalue weighted by Gasteiger charge is -2.32. The smallest absolute Gasteiger partial charge is 0.264 e. The topological polar surface area (TPSA) is 86.8 Å². The van der Waals surface area contributed by atoms with Gasteiger partial charge in [0.25, 0.3) is 10.0 Å². The number of aryl methyl sites for hydroxylation is 1. The molecule has 10 heteroatoms. The molecule has 2 amide bonds. The Morgan fingerprint density at radius 2 is 1.41 bits per heavy atom. The Labute approximate surface area is 247 Å². The molecule has 0 unspecified atom stereocenters. The number of anilines is 1. The first-order valence-corrected chi connectivity index (χ1v) is 15.6. The molecule has 0 aliphatic rings. The van der Waals surface area contributed by atoms with E-state index in [4.69, 9.17) is 0 Å². The molecule has 0 radical (unpaired) electrons. The second kappa shape index (κ2) is 13.6. The molecule has 2 atom stereocenters. The first kappa shape index (κ1) is 30.8. The Balaban J connectivity index is 2.01. The number of carbonyl (C=O) groups is 2. The van der Waals surface area contributed by atoms with Gasteiger partial charge in [0.15, 0.2) is 0 Å². The van der Waals surface area contributed by atoms with E-state index in [1.165, 1.54) is 17.0 Å². The van der Waals surface area contributed by atoms with Crippen molar-refractivity contribution in [1.29, 1.82) is 0 Å². The number of rotatable bonds is 11. The number of nitrogens with zero attached hydrogens (tertiary/aromatic N) is 2. The number of carbonyl (C=O) groups excluding carboxylic acids is 2. The van der Waals surface area contributed by atoms with Crippen molar-refractivity contribution in [2.75, 3.05) is 10.8 Å². The van der Waals surface area contributed by atoms with Crippen LogP contribution < -0.4 is 9.62 Å². The van der Waals surface area contributed by atoms with E-state index in [0.29, 0.717) is 5.69 Å². The molecule has 0 aromatic heterocycles. The lowest BCUT2D eigenvalue weighted by molar-refractivity contribution is -0.139. The highest BCUT2D eigenvalue weighted by Crippen LogP contribution is 2.26. The first-order valence-electron chi connectivity index (χ1n) is 12.6. The third-order valence-corrected chi connectivity index (χ3v) is 9.28. The summed E-state index contributed by atoms with van der Waals surface area (Å²) in [5.41, 5.74) is 2.07. The van der Waals surface area contributed by atoms with Crippen LogP contribution in [0.5, 0.6) is 0 Å². The summed E-state index contributed by atoms with van der Waals surface area (Å²) in [6, 6.07) is 19.8. The van der Waals surface area contributed by atoms with E-state index in [9.17, 15) is 18.0 Å². The second-order valence-corrected chi connectivity index (χ2v) is 13.1. The maximum absolute atomic E-state index is 13.9. The first-order chi connectivity index (χ1) is 18.4. The van der Waals surface area contributed by atoms with Crippen LogP contribution in [0.15, 0.2) is 86.6 Å². The Hall–Kier alpha value is -2.69. The minimum Gasteiger partial charge on any atom is -0.352 e. The van der Waals surface area contributed by atoms with Gasteiger partial charge in [0.05, 0.1) is 10.6 Å². The summed E-state index contributed by atoms with van der Waals surface area (Å²) >= 11 is 6.80. The van der Waals surface area contributed by atoms with Crippen LogP contribution in [0.1, 0.15) is 38.3 Å². The van der Waals surface area contributed by atoms with Gasteiger partial charge in [-0.3, -0.25) is 13.9 Å². The van der Waals surface area contributed by atoms with Crippen molar-refractivity contribution in [3.05, 3.63) is 92.9 Å². The van der Waals surface area contributed by atoms with Crippen molar-refractivity contribution < 1.29 is 18.0 Å². The van der Waals surface area contributed by atoms with E-state index in [1.807, 2.05) is 45.0 Å². The molecule has 0 bridgehead atoms. The number of benzene rings is 3. The Bertz CT molecular complexity index is 1380. The zero-order chi connectivity index (χ0) is 28.7. The van der Waals surface area contributed by atoms with Crippen LogP contribution in [0.3, 0.4) is 0 Å². The maximum atomic E-state index is 13.9. The van der Waals surface area contributed by atoms with Gasteiger partial charge >= 0.3 is 0 Å². The molecule has 39 heavy (non-hydrogen) atoms. The number of hydrogen-bond acceptors (Lipinski definition) is 4.